The highest BCUT2D eigenvalue weighted by Crippen LogP contribution is 2.39. The number of alkyl halides is 6. The molecule has 0 spiro atoms. The number of nitrogens with two attached hydrogens (primary N) is 1. The van der Waals surface area contributed by atoms with Crippen LogP contribution in [0.4, 0.5) is 26.3 Å². The summed E-state index contributed by atoms with van der Waals surface area (Å²) in [5.41, 5.74) is 4.17. The minimum absolute atomic E-state index is 0.0787. The normalized spacial score (nSPS) is 13.0. The van der Waals surface area contributed by atoms with E-state index in [0.717, 1.165) is 18.2 Å². The number of rotatable bonds is 6. The summed E-state index contributed by atoms with van der Waals surface area (Å²) in [4.78, 5) is 9.94. The van der Waals surface area contributed by atoms with Gasteiger partial charge >= 0.3 is 12.4 Å². The van der Waals surface area contributed by atoms with E-state index in [1.807, 2.05) is 6.92 Å². The van der Waals surface area contributed by atoms with E-state index in [9.17, 15) is 36.5 Å². The van der Waals surface area contributed by atoms with E-state index in [0.29, 0.717) is 23.5 Å². The zero-order chi connectivity index (χ0) is 31.4. The lowest BCUT2D eigenvalue weighted by Gasteiger charge is -2.10. The van der Waals surface area contributed by atoms with Crippen molar-refractivity contribution in [1.29, 1.82) is 0 Å². The second-order valence-electron chi connectivity index (χ2n) is 9.08. The summed E-state index contributed by atoms with van der Waals surface area (Å²) in [7, 11) is 0. The maximum absolute atomic E-state index is 12.8. The Bertz CT molecular complexity index is 1590. The lowest BCUT2D eigenvalue weighted by molar-refractivity contribution is -0.422. The van der Waals surface area contributed by atoms with Crippen LogP contribution in [0.15, 0.2) is 75.2 Å². The molecule has 0 aliphatic carbocycles. The van der Waals surface area contributed by atoms with Crippen molar-refractivity contribution in [1.82, 2.24) is 0 Å². The Hall–Kier alpha value is -3.74. The SMILES string of the molecule is C/C(=C\c1ccc(-c2ccc(Cl)c(C(F)(F)F)c2)o1)[N+](=O)[O-].CC(N)Cc1ccc(-c2ccc(Cl)c(C(F)(F)F)c2)o1. The van der Waals surface area contributed by atoms with Crippen LogP contribution in [0.1, 0.15) is 36.5 Å². The summed E-state index contributed by atoms with van der Waals surface area (Å²) < 4.78 is 87.6. The summed E-state index contributed by atoms with van der Waals surface area (Å²) in [6.07, 6.45) is -7.36. The van der Waals surface area contributed by atoms with Crippen LogP contribution in [0.2, 0.25) is 10.0 Å². The van der Waals surface area contributed by atoms with Crippen LogP contribution >= 0.6 is 23.2 Å². The van der Waals surface area contributed by atoms with Crippen LogP contribution in [0, 0.1) is 10.1 Å². The minimum Gasteiger partial charge on any atom is -0.461 e. The molecule has 14 heteroatoms. The first-order valence-corrected chi connectivity index (χ1v) is 12.7. The third kappa shape index (κ3) is 8.63. The van der Waals surface area contributed by atoms with E-state index in [2.05, 4.69) is 0 Å². The Labute approximate surface area is 245 Å². The maximum atomic E-state index is 12.8. The first-order chi connectivity index (χ1) is 19.5. The van der Waals surface area contributed by atoms with Gasteiger partial charge in [0.05, 0.1) is 32.2 Å². The topological polar surface area (TPSA) is 95.4 Å². The lowest BCUT2D eigenvalue weighted by Crippen LogP contribution is -2.17. The molecule has 2 aromatic carbocycles. The fraction of sp³-hybridized carbons (Fsp3) is 0.214. The van der Waals surface area contributed by atoms with Crippen LogP contribution < -0.4 is 5.73 Å². The molecule has 2 N–H and O–H groups in total. The zero-order valence-corrected chi connectivity index (χ0v) is 23.3. The van der Waals surface area contributed by atoms with Gasteiger partial charge in [0.25, 0.3) is 0 Å². The van der Waals surface area contributed by atoms with E-state index in [4.69, 9.17) is 37.8 Å². The third-order valence-electron chi connectivity index (χ3n) is 5.56. The van der Waals surface area contributed by atoms with Crippen LogP contribution in [0.3, 0.4) is 0 Å². The van der Waals surface area contributed by atoms with Gasteiger partial charge < -0.3 is 14.6 Å². The average molecular weight is 635 g/mol. The number of furan rings is 2. The molecule has 224 valence electrons. The number of hydrogen-bond acceptors (Lipinski definition) is 5. The predicted molar refractivity (Wildman–Crippen MR) is 146 cm³/mol. The molecular weight excluding hydrogens is 613 g/mol. The van der Waals surface area contributed by atoms with Gasteiger partial charge in [-0.25, -0.2) is 0 Å². The predicted octanol–water partition coefficient (Wildman–Crippen LogP) is 9.76. The molecule has 1 unspecified atom stereocenters. The van der Waals surface area contributed by atoms with E-state index < -0.39 is 33.4 Å². The van der Waals surface area contributed by atoms with Crippen molar-refractivity contribution < 1.29 is 40.1 Å². The summed E-state index contributed by atoms with van der Waals surface area (Å²) in [6, 6.07) is 13.2. The molecule has 0 saturated carbocycles. The molecular formula is C28H22Cl2F6N2O4. The van der Waals surface area contributed by atoms with Crippen LogP contribution in [0.5, 0.6) is 0 Å². The quantitative estimate of drug-likeness (QED) is 0.129. The summed E-state index contributed by atoms with van der Waals surface area (Å²) in [5.74, 6) is 1.33. The molecule has 4 rings (SSSR count). The largest absolute Gasteiger partial charge is 0.461 e. The van der Waals surface area contributed by atoms with Crippen molar-refractivity contribution in [2.75, 3.05) is 0 Å². The molecule has 2 aromatic heterocycles. The van der Waals surface area contributed by atoms with E-state index in [1.165, 1.54) is 43.3 Å². The molecule has 0 saturated heterocycles. The van der Waals surface area contributed by atoms with Gasteiger partial charge in [-0.2, -0.15) is 26.3 Å². The summed E-state index contributed by atoms with van der Waals surface area (Å²) in [5, 5.41) is 9.79. The fourth-order valence-electron chi connectivity index (χ4n) is 3.60. The Morgan fingerprint density at radius 1 is 0.881 bits per heavy atom. The number of halogens is 8. The van der Waals surface area contributed by atoms with Gasteiger partial charge in [-0.3, -0.25) is 10.1 Å². The first kappa shape index (κ1) is 32.8. The molecule has 0 bridgehead atoms. The molecule has 0 radical (unpaired) electrons. The van der Waals surface area contributed by atoms with Crippen LogP contribution in [-0.4, -0.2) is 11.0 Å². The Kier molecular flexibility index (Phi) is 10.2. The van der Waals surface area contributed by atoms with Gasteiger partial charge in [-0.15, -0.1) is 0 Å². The highest BCUT2D eigenvalue weighted by Gasteiger charge is 2.34. The Morgan fingerprint density at radius 2 is 1.36 bits per heavy atom. The van der Waals surface area contributed by atoms with E-state index in [1.54, 1.807) is 12.1 Å². The van der Waals surface area contributed by atoms with Crippen molar-refractivity contribution in [3.63, 3.8) is 0 Å². The van der Waals surface area contributed by atoms with Crippen molar-refractivity contribution in [3.05, 3.63) is 109 Å². The lowest BCUT2D eigenvalue weighted by atomic mass is 10.1. The molecule has 6 nitrogen and oxygen atoms in total. The number of benzene rings is 2. The van der Waals surface area contributed by atoms with Crippen molar-refractivity contribution >= 4 is 29.3 Å². The fourth-order valence-corrected chi connectivity index (χ4v) is 4.05. The van der Waals surface area contributed by atoms with Crippen molar-refractivity contribution in [2.24, 2.45) is 5.73 Å². The molecule has 4 aromatic rings. The van der Waals surface area contributed by atoms with Gasteiger partial charge in [0, 0.05) is 30.5 Å². The molecule has 0 aliphatic rings. The Morgan fingerprint density at radius 3 is 1.81 bits per heavy atom. The smallest absolute Gasteiger partial charge is 0.417 e. The first-order valence-electron chi connectivity index (χ1n) is 12.0. The van der Waals surface area contributed by atoms with Crippen LogP contribution in [0.25, 0.3) is 28.7 Å². The molecule has 1 atom stereocenters. The third-order valence-corrected chi connectivity index (χ3v) is 6.22. The van der Waals surface area contributed by atoms with Gasteiger partial charge in [-0.1, -0.05) is 23.2 Å². The summed E-state index contributed by atoms with van der Waals surface area (Å²) >= 11 is 11.1. The van der Waals surface area contributed by atoms with Gasteiger partial charge in [0.2, 0.25) is 5.70 Å². The monoisotopic (exact) mass is 634 g/mol. The second-order valence-corrected chi connectivity index (χ2v) is 9.89. The van der Waals surface area contributed by atoms with Gasteiger partial charge in [-0.05, 0) is 67.6 Å². The van der Waals surface area contributed by atoms with Gasteiger partial charge in [0.1, 0.15) is 23.0 Å². The highest BCUT2D eigenvalue weighted by atomic mass is 35.5. The summed E-state index contributed by atoms with van der Waals surface area (Å²) in [6.45, 7) is 3.11. The average Bonchev–Trinajstić information content (AvgIpc) is 3.53. The standard InChI is InChI=1S/C14H9ClF3NO3.C14H13ClF3NO/c1-8(19(20)21)6-10-3-5-13(22-10)9-2-4-12(15)11(7-9)14(16,17)18;1-8(19)6-10-3-5-13(20-10)9-2-4-12(15)11(7-9)14(16,17)18/h2-7H,1H3;2-5,7-8H,6,19H2,1H3/b8-6+;. The second kappa shape index (κ2) is 13.1. The number of nitro groups is 1. The minimum atomic E-state index is -4.58. The number of nitrogens with zero attached hydrogens (tertiary/aromatic N) is 1. The van der Waals surface area contributed by atoms with Gasteiger partial charge in [0.15, 0.2) is 0 Å². The highest BCUT2D eigenvalue weighted by molar-refractivity contribution is 6.31. The van der Waals surface area contributed by atoms with E-state index in [-0.39, 0.29) is 33.8 Å². The molecule has 0 fully saturated rings. The number of allylic oxidation sites excluding steroid dienone is 1. The van der Waals surface area contributed by atoms with E-state index >= 15 is 0 Å². The van der Waals surface area contributed by atoms with Crippen molar-refractivity contribution in [3.8, 4) is 22.6 Å². The zero-order valence-electron chi connectivity index (χ0n) is 21.8. The van der Waals surface area contributed by atoms with Crippen molar-refractivity contribution in [2.45, 2.75) is 38.7 Å². The molecule has 42 heavy (non-hydrogen) atoms. The van der Waals surface area contributed by atoms with Crippen LogP contribution in [-0.2, 0) is 18.8 Å². The Balaban J connectivity index is 0.000000231. The molecule has 2 heterocycles. The number of hydrogen-bond donors (Lipinski definition) is 1. The molecule has 0 aliphatic heterocycles. The molecule has 0 amide bonds. The maximum Gasteiger partial charge on any atom is 0.417 e.